The average molecular weight is 295 g/mol. The van der Waals surface area contributed by atoms with Gasteiger partial charge in [-0.2, -0.15) is 17.0 Å². The number of nitriles is 1. The Morgan fingerprint density at radius 3 is 2.84 bits per heavy atom. The van der Waals surface area contributed by atoms with Crippen LogP contribution in [0.5, 0.6) is 0 Å². The van der Waals surface area contributed by atoms with E-state index in [0.29, 0.717) is 5.25 Å². The van der Waals surface area contributed by atoms with Gasteiger partial charge in [0, 0.05) is 16.0 Å². The molecule has 1 aromatic carbocycles. The van der Waals surface area contributed by atoms with E-state index < -0.39 is 0 Å². The Labute approximate surface area is 124 Å². The van der Waals surface area contributed by atoms with E-state index in [-0.39, 0.29) is 5.54 Å². The van der Waals surface area contributed by atoms with Crippen LogP contribution < -0.4 is 5.32 Å². The molecule has 1 aliphatic carbocycles. The molecule has 19 heavy (non-hydrogen) atoms. The van der Waals surface area contributed by atoms with Crippen molar-refractivity contribution in [3.63, 3.8) is 0 Å². The Hall–Kier alpha value is -0.690. The Bertz CT molecular complexity index is 454. The monoisotopic (exact) mass is 294 g/mol. The summed E-state index contributed by atoms with van der Waals surface area (Å²) < 4.78 is 0. The van der Waals surface area contributed by atoms with Crippen molar-refractivity contribution in [2.45, 2.75) is 42.7 Å². The fourth-order valence-electron chi connectivity index (χ4n) is 2.58. The number of benzene rings is 1. The molecule has 4 heteroatoms. The lowest BCUT2D eigenvalue weighted by molar-refractivity contribution is 0.436. The van der Waals surface area contributed by atoms with E-state index in [2.05, 4.69) is 30.4 Å². The molecule has 1 fully saturated rings. The lowest BCUT2D eigenvalue weighted by atomic mass is 10.0. The topological polar surface area (TPSA) is 35.8 Å². The van der Waals surface area contributed by atoms with Gasteiger partial charge < -0.3 is 0 Å². The third-order valence-corrected chi connectivity index (χ3v) is 5.22. The predicted molar refractivity (Wildman–Crippen MR) is 82.4 cm³/mol. The van der Waals surface area contributed by atoms with Gasteiger partial charge in [0.1, 0.15) is 5.54 Å². The first-order chi connectivity index (χ1) is 9.17. The Morgan fingerprint density at radius 2 is 2.21 bits per heavy atom. The summed E-state index contributed by atoms with van der Waals surface area (Å²) in [5, 5.41) is 14.1. The molecule has 2 nitrogen and oxygen atoms in total. The van der Waals surface area contributed by atoms with Gasteiger partial charge in [0.15, 0.2) is 0 Å². The number of nitrogens with one attached hydrogen (secondary N) is 1. The predicted octanol–water partition coefficient (Wildman–Crippen LogP) is 4.00. The Balaban J connectivity index is 1.85. The second-order valence-corrected chi connectivity index (χ2v) is 6.75. The van der Waals surface area contributed by atoms with Crippen molar-refractivity contribution >= 4 is 23.4 Å². The van der Waals surface area contributed by atoms with Crippen LogP contribution >= 0.6 is 23.4 Å². The number of hydrogen-bond acceptors (Lipinski definition) is 3. The molecule has 0 spiro atoms. The van der Waals surface area contributed by atoms with Crippen molar-refractivity contribution in [1.29, 1.82) is 5.26 Å². The van der Waals surface area contributed by atoms with E-state index >= 15 is 0 Å². The molecule has 1 saturated carbocycles. The maximum atomic E-state index is 9.34. The van der Waals surface area contributed by atoms with Crippen LogP contribution in [-0.2, 0) is 5.75 Å². The minimum atomic E-state index is -0.285. The minimum Gasteiger partial charge on any atom is -0.300 e. The van der Waals surface area contributed by atoms with Gasteiger partial charge in [-0.1, -0.05) is 30.7 Å². The molecular formula is C15H19ClN2S. The van der Waals surface area contributed by atoms with E-state index in [1.807, 2.05) is 23.9 Å². The summed E-state index contributed by atoms with van der Waals surface area (Å²) in [5.74, 6) is 0.996. The summed E-state index contributed by atoms with van der Waals surface area (Å²) in [4.78, 5) is 0. The van der Waals surface area contributed by atoms with Crippen molar-refractivity contribution in [1.82, 2.24) is 5.32 Å². The average Bonchev–Trinajstić information content (AvgIpc) is 2.83. The number of thioether (sulfide) groups is 1. The molecule has 0 aromatic heterocycles. The zero-order valence-electron chi connectivity index (χ0n) is 11.2. The normalized spacial score (nSPS) is 26.3. The van der Waals surface area contributed by atoms with Crippen LogP contribution in [0, 0.1) is 11.3 Å². The lowest BCUT2D eigenvalue weighted by Crippen LogP contribution is -2.41. The van der Waals surface area contributed by atoms with Crippen LogP contribution in [0.1, 0.15) is 31.7 Å². The molecule has 1 aliphatic rings. The van der Waals surface area contributed by atoms with Gasteiger partial charge in [-0.3, -0.25) is 5.32 Å². The molecule has 102 valence electrons. The highest BCUT2D eigenvalue weighted by Gasteiger charge is 2.38. The van der Waals surface area contributed by atoms with Crippen LogP contribution in [0.4, 0.5) is 0 Å². The summed E-state index contributed by atoms with van der Waals surface area (Å²) in [7, 11) is 0. The van der Waals surface area contributed by atoms with Crippen molar-refractivity contribution in [2.24, 2.45) is 0 Å². The number of nitrogens with zero attached hydrogens (tertiary/aromatic N) is 1. The molecule has 0 heterocycles. The molecule has 0 bridgehead atoms. The summed E-state index contributed by atoms with van der Waals surface area (Å²) in [6.45, 7) is 2.93. The van der Waals surface area contributed by atoms with E-state index in [1.165, 1.54) is 5.56 Å². The highest BCUT2D eigenvalue weighted by atomic mass is 35.5. The number of halogens is 1. The molecule has 2 rings (SSSR count). The standard InChI is InChI=1S/C15H19ClN2S/c1-2-18-15(11-17)8-7-14(9-15)19-10-12-3-5-13(16)6-4-12/h3-6,14,18H,2,7-10H2,1H3. The third-order valence-electron chi connectivity index (χ3n) is 3.60. The molecule has 2 unspecified atom stereocenters. The van der Waals surface area contributed by atoms with Gasteiger partial charge in [-0.05, 0) is 43.5 Å². The maximum absolute atomic E-state index is 9.34. The van der Waals surface area contributed by atoms with Gasteiger partial charge in [-0.25, -0.2) is 0 Å². The fraction of sp³-hybridized carbons (Fsp3) is 0.533. The second-order valence-electron chi connectivity index (χ2n) is 5.03. The molecule has 0 radical (unpaired) electrons. The number of rotatable bonds is 5. The van der Waals surface area contributed by atoms with Crippen molar-refractivity contribution in [3.05, 3.63) is 34.9 Å². The van der Waals surface area contributed by atoms with Crippen molar-refractivity contribution in [3.8, 4) is 6.07 Å². The van der Waals surface area contributed by atoms with Gasteiger partial charge in [-0.15, -0.1) is 0 Å². The van der Waals surface area contributed by atoms with Gasteiger partial charge >= 0.3 is 0 Å². The first-order valence-corrected chi connectivity index (χ1v) is 8.12. The van der Waals surface area contributed by atoms with Gasteiger partial charge in [0.05, 0.1) is 6.07 Å². The minimum absolute atomic E-state index is 0.285. The molecule has 0 aliphatic heterocycles. The van der Waals surface area contributed by atoms with E-state index in [4.69, 9.17) is 11.6 Å². The zero-order chi connectivity index (χ0) is 13.7. The molecule has 0 amide bonds. The largest absolute Gasteiger partial charge is 0.300 e. The second kappa shape index (κ2) is 6.65. The van der Waals surface area contributed by atoms with Crippen LogP contribution in [0.15, 0.2) is 24.3 Å². The van der Waals surface area contributed by atoms with Gasteiger partial charge in [0.25, 0.3) is 0 Å². The first kappa shape index (κ1) is 14.7. The van der Waals surface area contributed by atoms with Crippen molar-refractivity contribution in [2.75, 3.05) is 6.54 Å². The Morgan fingerprint density at radius 1 is 1.47 bits per heavy atom. The Kier molecular flexibility index (Phi) is 5.15. The van der Waals surface area contributed by atoms with Crippen LogP contribution in [0.3, 0.4) is 0 Å². The van der Waals surface area contributed by atoms with Crippen LogP contribution in [-0.4, -0.2) is 17.3 Å². The SMILES string of the molecule is CCNC1(C#N)CCC(SCc2ccc(Cl)cc2)C1. The summed E-state index contributed by atoms with van der Waals surface area (Å²) >= 11 is 7.83. The summed E-state index contributed by atoms with van der Waals surface area (Å²) in [6, 6.07) is 10.5. The van der Waals surface area contributed by atoms with Crippen molar-refractivity contribution < 1.29 is 0 Å². The van der Waals surface area contributed by atoms with E-state index in [9.17, 15) is 5.26 Å². The zero-order valence-corrected chi connectivity index (χ0v) is 12.7. The smallest absolute Gasteiger partial charge is 0.107 e. The lowest BCUT2D eigenvalue weighted by Gasteiger charge is -2.21. The van der Waals surface area contributed by atoms with E-state index in [1.54, 1.807) is 0 Å². The van der Waals surface area contributed by atoms with Gasteiger partial charge in [0.2, 0.25) is 0 Å². The fourth-order valence-corrected chi connectivity index (χ4v) is 4.01. The molecule has 0 saturated heterocycles. The summed E-state index contributed by atoms with van der Waals surface area (Å²) in [6.07, 6.45) is 3.05. The van der Waals surface area contributed by atoms with Crippen LogP contribution in [0.2, 0.25) is 5.02 Å². The maximum Gasteiger partial charge on any atom is 0.107 e. The highest BCUT2D eigenvalue weighted by Crippen LogP contribution is 2.38. The quantitative estimate of drug-likeness (QED) is 0.892. The van der Waals surface area contributed by atoms with Crippen LogP contribution in [0.25, 0.3) is 0 Å². The highest BCUT2D eigenvalue weighted by molar-refractivity contribution is 7.99. The molecule has 1 N–H and O–H groups in total. The number of hydrogen-bond donors (Lipinski definition) is 1. The molecule has 2 atom stereocenters. The third kappa shape index (κ3) is 3.89. The first-order valence-electron chi connectivity index (χ1n) is 6.70. The molecule has 1 aromatic rings. The summed E-state index contributed by atoms with van der Waals surface area (Å²) in [5.41, 5.74) is 1.01. The molecular weight excluding hydrogens is 276 g/mol. The van der Waals surface area contributed by atoms with E-state index in [0.717, 1.165) is 36.6 Å².